The normalized spacial score (nSPS) is 19.0. The molecule has 1 amide bonds. The molecule has 2 fully saturated rings. The second kappa shape index (κ2) is 7.31. The van der Waals surface area contributed by atoms with Gasteiger partial charge in [-0.3, -0.25) is 4.79 Å². The molecule has 0 spiro atoms. The van der Waals surface area contributed by atoms with E-state index in [2.05, 4.69) is 11.4 Å². The van der Waals surface area contributed by atoms with E-state index in [1.54, 1.807) is 36.3 Å². The number of nitrogens with zero attached hydrogens (tertiary/aromatic N) is 3. The first kappa shape index (κ1) is 20.2. The van der Waals surface area contributed by atoms with Crippen molar-refractivity contribution < 1.29 is 13.9 Å². The number of benzene rings is 1. The molecule has 2 aliphatic rings. The molecular formula is C22H25FN4O3. The zero-order valence-electron chi connectivity index (χ0n) is 17.4. The van der Waals surface area contributed by atoms with E-state index >= 15 is 4.39 Å². The molecule has 158 valence electrons. The third-order valence-electron chi connectivity index (χ3n) is 5.39. The second-order valence-corrected chi connectivity index (χ2v) is 8.98. The van der Waals surface area contributed by atoms with E-state index in [1.807, 2.05) is 0 Å². The summed E-state index contributed by atoms with van der Waals surface area (Å²) in [5.74, 6) is -0.502. The van der Waals surface area contributed by atoms with Crippen molar-refractivity contribution in [3.63, 3.8) is 0 Å². The van der Waals surface area contributed by atoms with Crippen molar-refractivity contribution in [2.45, 2.75) is 57.7 Å². The highest BCUT2D eigenvalue weighted by Crippen LogP contribution is 2.39. The van der Waals surface area contributed by atoms with Gasteiger partial charge >= 0.3 is 6.09 Å². The summed E-state index contributed by atoms with van der Waals surface area (Å²) in [6.45, 7) is 6.21. The maximum atomic E-state index is 15.1. The fourth-order valence-electron chi connectivity index (χ4n) is 4.05. The van der Waals surface area contributed by atoms with Crippen LogP contribution in [0.25, 0.3) is 10.9 Å². The fourth-order valence-corrected chi connectivity index (χ4v) is 4.05. The lowest BCUT2D eigenvalue weighted by atomic mass is 10.1. The molecule has 2 aromatic rings. The third kappa shape index (κ3) is 3.84. The Morgan fingerprint density at radius 1 is 1.30 bits per heavy atom. The third-order valence-corrected chi connectivity index (χ3v) is 5.39. The van der Waals surface area contributed by atoms with Crippen LogP contribution in [0.1, 0.15) is 51.6 Å². The first-order valence-electron chi connectivity index (χ1n) is 10.2. The van der Waals surface area contributed by atoms with Crippen LogP contribution in [0.15, 0.2) is 23.0 Å². The summed E-state index contributed by atoms with van der Waals surface area (Å²) in [6, 6.07) is 6.37. The number of carbonyl (C=O) groups excluding carboxylic acids is 1. The summed E-state index contributed by atoms with van der Waals surface area (Å²) < 4.78 is 22.0. The number of ether oxygens (including phenoxy) is 1. The van der Waals surface area contributed by atoms with Crippen LogP contribution >= 0.6 is 0 Å². The molecule has 0 radical (unpaired) electrons. The van der Waals surface area contributed by atoms with Crippen LogP contribution in [0.5, 0.6) is 0 Å². The van der Waals surface area contributed by atoms with Crippen LogP contribution in [0.4, 0.5) is 14.9 Å². The number of pyridine rings is 1. The molecule has 4 rings (SSSR count). The van der Waals surface area contributed by atoms with Crippen molar-refractivity contribution in [2.75, 3.05) is 18.0 Å². The highest BCUT2D eigenvalue weighted by molar-refractivity contribution is 5.91. The molecule has 1 aliphatic heterocycles. The lowest BCUT2D eigenvalue weighted by molar-refractivity contribution is 0.0509. The lowest BCUT2D eigenvalue weighted by Crippen LogP contribution is -2.40. The van der Waals surface area contributed by atoms with E-state index < -0.39 is 17.5 Å². The number of anilines is 1. The largest absolute Gasteiger partial charge is 0.444 e. The minimum Gasteiger partial charge on any atom is -0.444 e. The zero-order chi connectivity index (χ0) is 21.6. The van der Waals surface area contributed by atoms with Crippen LogP contribution < -0.4 is 15.8 Å². The van der Waals surface area contributed by atoms with Crippen LogP contribution in [0, 0.1) is 17.1 Å². The standard InChI is InChI=1S/C22H25FN4O3/c1-22(2,3)30-21(29)25-14-8-9-26(12-14)20-16(11-24)19-13(10-17(20)23)4-7-18(28)27(19)15-5-6-15/h4,7,10,14-15H,5-6,8-9,12H2,1-3H3,(H,25,29)/t14-/m0/s1. The highest BCUT2D eigenvalue weighted by atomic mass is 19.1. The van der Waals surface area contributed by atoms with Crippen molar-refractivity contribution in [3.05, 3.63) is 39.9 Å². The van der Waals surface area contributed by atoms with Gasteiger partial charge in [0.2, 0.25) is 0 Å². The van der Waals surface area contributed by atoms with E-state index in [0.29, 0.717) is 30.4 Å². The van der Waals surface area contributed by atoms with Gasteiger partial charge in [-0.05, 0) is 52.2 Å². The predicted octanol–water partition coefficient (Wildman–Crippen LogP) is 3.45. The van der Waals surface area contributed by atoms with Gasteiger partial charge < -0.3 is 19.5 Å². The Morgan fingerprint density at radius 2 is 2.03 bits per heavy atom. The molecular weight excluding hydrogens is 387 g/mol. The quantitative estimate of drug-likeness (QED) is 0.834. The average Bonchev–Trinajstić information content (AvgIpc) is 3.38. The average molecular weight is 412 g/mol. The van der Waals surface area contributed by atoms with Crippen molar-refractivity contribution in [1.29, 1.82) is 5.26 Å². The molecule has 1 atom stereocenters. The van der Waals surface area contributed by atoms with Gasteiger partial charge in [0.05, 0.1) is 17.2 Å². The first-order chi connectivity index (χ1) is 14.2. The molecule has 0 bridgehead atoms. The minimum absolute atomic E-state index is 0.0618. The molecule has 2 heterocycles. The van der Waals surface area contributed by atoms with Gasteiger partial charge in [-0.1, -0.05) is 0 Å². The van der Waals surface area contributed by atoms with Gasteiger partial charge in [0, 0.05) is 30.6 Å². The van der Waals surface area contributed by atoms with E-state index in [-0.39, 0.29) is 28.9 Å². The maximum Gasteiger partial charge on any atom is 0.407 e. The smallest absolute Gasteiger partial charge is 0.407 e. The van der Waals surface area contributed by atoms with Crippen LogP contribution in [0.2, 0.25) is 0 Å². The molecule has 30 heavy (non-hydrogen) atoms. The summed E-state index contributed by atoms with van der Waals surface area (Å²) in [7, 11) is 0. The number of nitriles is 1. The SMILES string of the molecule is CC(C)(C)OC(=O)N[C@H]1CCN(c2c(F)cc3ccc(=O)n(C4CC4)c3c2C#N)C1. The van der Waals surface area contributed by atoms with Gasteiger partial charge in [0.1, 0.15) is 23.1 Å². The summed E-state index contributed by atoms with van der Waals surface area (Å²) >= 11 is 0. The molecule has 1 aromatic carbocycles. The number of rotatable bonds is 3. The van der Waals surface area contributed by atoms with Crippen LogP contribution in [-0.2, 0) is 4.74 Å². The number of hydrogen-bond acceptors (Lipinski definition) is 5. The fraction of sp³-hybridized carbons (Fsp3) is 0.500. The second-order valence-electron chi connectivity index (χ2n) is 8.98. The maximum absolute atomic E-state index is 15.1. The van der Waals surface area contributed by atoms with Crippen molar-refractivity contribution in [1.82, 2.24) is 9.88 Å². The number of alkyl carbamates (subject to hydrolysis) is 1. The Labute approximate surface area is 174 Å². The van der Waals surface area contributed by atoms with Gasteiger partial charge in [-0.15, -0.1) is 0 Å². The summed E-state index contributed by atoms with van der Waals surface area (Å²) in [5.41, 5.74) is 0.0798. The molecule has 1 aromatic heterocycles. The number of nitrogens with one attached hydrogen (secondary N) is 1. The summed E-state index contributed by atoms with van der Waals surface area (Å²) in [4.78, 5) is 26.3. The van der Waals surface area contributed by atoms with Gasteiger partial charge in [0.25, 0.3) is 5.56 Å². The Morgan fingerprint density at radius 3 is 2.67 bits per heavy atom. The molecule has 1 N–H and O–H groups in total. The van der Waals surface area contributed by atoms with Crippen LogP contribution in [0.3, 0.4) is 0 Å². The van der Waals surface area contributed by atoms with Crippen molar-refractivity contribution in [2.24, 2.45) is 0 Å². The number of halogens is 1. The van der Waals surface area contributed by atoms with Crippen molar-refractivity contribution >= 4 is 22.7 Å². The van der Waals surface area contributed by atoms with Gasteiger partial charge in [-0.2, -0.15) is 5.26 Å². The number of carbonyl (C=O) groups is 1. The van der Waals surface area contributed by atoms with E-state index in [4.69, 9.17) is 4.74 Å². The number of hydrogen-bond donors (Lipinski definition) is 1. The molecule has 7 nitrogen and oxygen atoms in total. The Hall–Kier alpha value is -3.08. The topological polar surface area (TPSA) is 87.4 Å². The van der Waals surface area contributed by atoms with E-state index in [1.165, 1.54) is 12.1 Å². The molecule has 1 saturated heterocycles. The van der Waals surface area contributed by atoms with Crippen molar-refractivity contribution in [3.8, 4) is 6.07 Å². The minimum atomic E-state index is -0.604. The lowest BCUT2D eigenvalue weighted by Gasteiger charge is -2.24. The zero-order valence-corrected chi connectivity index (χ0v) is 17.4. The monoisotopic (exact) mass is 412 g/mol. The number of fused-ring (bicyclic) bond motifs is 1. The Kier molecular flexibility index (Phi) is 4.92. The molecule has 8 heteroatoms. The van der Waals surface area contributed by atoms with E-state index in [9.17, 15) is 14.9 Å². The van der Waals surface area contributed by atoms with Crippen LogP contribution in [-0.4, -0.2) is 35.4 Å². The molecule has 1 aliphatic carbocycles. The first-order valence-corrected chi connectivity index (χ1v) is 10.2. The van der Waals surface area contributed by atoms with Gasteiger partial charge in [0.15, 0.2) is 0 Å². The van der Waals surface area contributed by atoms with Gasteiger partial charge in [-0.25, -0.2) is 9.18 Å². The molecule has 1 saturated carbocycles. The molecule has 0 unspecified atom stereocenters. The number of aromatic nitrogens is 1. The predicted molar refractivity (Wildman–Crippen MR) is 111 cm³/mol. The van der Waals surface area contributed by atoms with E-state index in [0.717, 1.165) is 12.8 Å². The summed E-state index contributed by atoms with van der Waals surface area (Å²) in [5, 5.41) is 13.3. The summed E-state index contributed by atoms with van der Waals surface area (Å²) in [6.07, 6.45) is 1.84. The highest BCUT2D eigenvalue weighted by Gasteiger charge is 2.32. The number of amides is 1. The Balaban J connectivity index is 1.67. The Bertz CT molecular complexity index is 1110.